The minimum absolute atomic E-state index is 0.250. The number of hydrogen-bond acceptors (Lipinski definition) is 5. The fourth-order valence-electron chi connectivity index (χ4n) is 2.08. The monoisotopic (exact) mass is 245 g/mol. The van der Waals surface area contributed by atoms with E-state index in [2.05, 4.69) is 25.2 Å². The van der Waals surface area contributed by atoms with Gasteiger partial charge in [-0.25, -0.2) is 9.97 Å². The highest BCUT2D eigenvalue weighted by Gasteiger charge is 2.21. The third-order valence-electron chi connectivity index (χ3n) is 3.00. The van der Waals surface area contributed by atoms with Crippen molar-refractivity contribution in [2.45, 2.75) is 12.5 Å². The molecule has 3 heterocycles. The normalized spacial score (nSPS) is 19.2. The molecule has 94 valence electrons. The van der Waals surface area contributed by atoms with Gasteiger partial charge in [0.05, 0.1) is 6.10 Å². The van der Waals surface area contributed by atoms with Gasteiger partial charge in [0.15, 0.2) is 0 Å². The molecular weight excluding hydrogens is 230 g/mol. The third kappa shape index (κ3) is 2.28. The maximum absolute atomic E-state index is 9.53. The Labute approximate surface area is 105 Å². The summed E-state index contributed by atoms with van der Waals surface area (Å²) in [6.45, 7) is 1.47. The van der Waals surface area contributed by atoms with Crippen LogP contribution in [0.2, 0.25) is 0 Å². The lowest BCUT2D eigenvalue weighted by Crippen LogP contribution is -2.22. The summed E-state index contributed by atoms with van der Waals surface area (Å²) in [6, 6.07) is 5.74. The lowest BCUT2D eigenvalue weighted by molar-refractivity contribution is 0.198. The molecule has 18 heavy (non-hydrogen) atoms. The van der Waals surface area contributed by atoms with Gasteiger partial charge >= 0.3 is 0 Å². The van der Waals surface area contributed by atoms with Crippen LogP contribution < -0.4 is 10.2 Å². The predicted octanol–water partition coefficient (Wildman–Crippen LogP) is 1.12. The molecule has 2 aromatic rings. The Bertz CT molecular complexity index is 513. The number of aliphatic hydroxyl groups is 1. The maximum atomic E-state index is 9.53. The number of aliphatic hydroxyl groups excluding tert-OH is 1. The zero-order valence-electron chi connectivity index (χ0n) is 9.87. The van der Waals surface area contributed by atoms with Crippen molar-refractivity contribution in [3.63, 3.8) is 0 Å². The highest BCUT2D eigenvalue weighted by Crippen LogP contribution is 2.21. The summed E-state index contributed by atoms with van der Waals surface area (Å²) in [5, 5.41) is 12.7. The van der Waals surface area contributed by atoms with Gasteiger partial charge in [0, 0.05) is 25.4 Å². The molecule has 6 heteroatoms. The van der Waals surface area contributed by atoms with Gasteiger partial charge in [-0.3, -0.25) is 0 Å². The first-order chi connectivity index (χ1) is 8.81. The summed E-state index contributed by atoms with van der Waals surface area (Å²) in [5.74, 6) is 2.47. The number of nitrogens with one attached hydrogen (secondary N) is 2. The fraction of sp³-hybridized carbons (Fsp3) is 0.333. The minimum Gasteiger partial charge on any atom is -0.391 e. The number of aromatic nitrogens is 3. The molecule has 1 aliphatic rings. The third-order valence-corrected chi connectivity index (χ3v) is 3.00. The predicted molar refractivity (Wildman–Crippen MR) is 68.9 cm³/mol. The van der Waals surface area contributed by atoms with Crippen molar-refractivity contribution in [1.29, 1.82) is 0 Å². The maximum Gasteiger partial charge on any atom is 0.136 e. The first-order valence-electron chi connectivity index (χ1n) is 5.97. The van der Waals surface area contributed by atoms with Crippen molar-refractivity contribution in [2.24, 2.45) is 0 Å². The Hall–Kier alpha value is -2.08. The van der Waals surface area contributed by atoms with E-state index in [1.807, 2.05) is 24.4 Å². The topological polar surface area (TPSA) is 77.1 Å². The van der Waals surface area contributed by atoms with Gasteiger partial charge in [0.2, 0.25) is 0 Å². The minimum atomic E-state index is -0.250. The van der Waals surface area contributed by atoms with Gasteiger partial charge in [-0.05, 0) is 18.6 Å². The molecule has 0 radical (unpaired) electrons. The van der Waals surface area contributed by atoms with E-state index in [-0.39, 0.29) is 6.10 Å². The molecule has 0 saturated carbocycles. The van der Waals surface area contributed by atoms with Crippen LogP contribution in [-0.2, 0) is 0 Å². The van der Waals surface area contributed by atoms with Crippen LogP contribution in [0.5, 0.6) is 0 Å². The molecule has 6 nitrogen and oxygen atoms in total. The van der Waals surface area contributed by atoms with E-state index in [1.54, 1.807) is 0 Å². The van der Waals surface area contributed by atoms with Crippen molar-refractivity contribution in [3.05, 3.63) is 30.7 Å². The van der Waals surface area contributed by atoms with E-state index in [0.29, 0.717) is 6.54 Å². The first kappa shape index (κ1) is 11.0. The molecule has 0 aliphatic carbocycles. The van der Waals surface area contributed by atoms with Gasteiger partial charge in [0.25, 0.3) is 0 Å². The van der Waals surface area contributed by atoms with Crippen LogP contribution in [0, 0.1) is 0 Å². The van der Waals surface area contributed by atoms with Crippen molar-refractivity contribution in [1.82, 2.24) is 15.0 Å². The summed E-state index contributed by atoms with van der Waals surface area (Å²) in [5.41, 5.74) is 0. The summed E-state index contributed by atoms with van der Waals surface area (Å²) >= 11 is 0. The molecule has 3 N–H and O–H groups in total. The molecular formula is C12H15N5O. The Kier molecular flexibility index (Phi) is 2.85. The number of aromatic amines is 1. The number of hydrogen-bond donors (Lipinski definition) is 3. The van der Waals surface area contributed by atoms with Crippen molar-refractivity contribution < 1.29 is 5.11 Å². The number of anilines is 3. The van der Waals surface area contributed by atoms with Crippen LogP contribution in [0.25, 0.3) is 0 Å². The van der Waals surface area contributed by atoms with Crippen LogP contribution in [0.1, 0.15) is 6.42 Å². The second kappa shape index (κ2) is 4.66. The summed E-state index contributed by atoms with van der Waals surface area (Å²) in [7, 11) is 0. The standard InChI is InChI=1S/C12H15N5O/c18-9-3-5-17(7-9)12-6-11(14-8-15-12)16-10-2-1-4-13-10/h1-2,4,6,8-9,13,18H,3,5,7H2,(H,14,15,16). The van der Waals surface area contributed by atoms with Crippen LogP contribution in [-0.4, -0.2) is 39.3 Å². The van der Waals surface area contributed by atoms with Crippen molar-refractivity contribution >= 4 is 17.5 Å². The molecule has 0 aromatic carbocycles. The zero-order valence-corrected chi connectivity index (χ0v) is 9.87. The molecule has 1 aliphatic heterocycles. The Balaban J connectivity index is 1.76. The Morgan fingerprint density at radius 2 is 2.39 bits per heavy atom. The smallest absolute Gasteiger partial charge is 0.136 e. The van der Waals surface area contributed by atoms with E-state index >= 15 is 0 Å². The average molecular weight is 245 g/mol. The molecule has 0 bridgehead atoms. The second-order valence-corrected chi connectivity index (χ2v) is 4.36. The quantitative estimate of drug-likeness (QED) is 0.755. The highest BCUT2D eigenvalue weighted by molar-refractivity contribution is 5.56. The van der Waals surface area contributed by atoms with E-state index < -0.39 is 0 Å². The molecule has 3 rings (SSSR count). The number of rotatable bonds is 3. The average Bonchev–Trinajstić information content (AvgIpc) is 3.01. The molecule has 0 amide bonds. The molecule has 1 atom stereocenters. The first-order valence-corrected chi connectivity index (χ1v) is 5.97. The SMILES string of the molecule is OC1CCN(c2cc(Nc3ccc[nH]3)ncn2)C1. The van der Waals surface area contributed by atoms with Crippen molar-refractivity contribution in [2.75, 3.05) is 23.3 Å². The highest BCUT2D eigenvalue weighted by atomic mass is 16.3. The van der Waals surface area contributed by atoms with Crippen LogP contribution >= 0.6 is 0 Å². The lowest BCUT2D eigenvalue weighted by atomic mass is 10.3. The van der Waals surface area contributed by atoms with Gasteiger partial charge in [-0.2, -0.15) is 0 Å². The van der Waals surface area contributed by atoms with Crippen LogP contribution in [0.3, 0.4) is 0 Å². The van der Waals surface area contributed by atoms with E-state index in [4.69, 9.17) is 0 Å². The van der Waals surface area contributed by atoms with Gasteiger partial charge in [-0.15, -0.1) is 0 Å². The molecule has 1 unspecified atom stereocenters. The van der Waals surface area contributed by atoms with E-state index in [9.17, 15) is 5.11 Å². The summed E-state index contributed by atoms with van der Waals surface area (Å²) in [4.78, 5) is 13.5. The zero-order chi connectivity index (χ0) is 12.4. The molecule has 1 fully saturated rings. The van der Waals surface area contributed by atoms with Crippen LogP contribution in [0.15, 0.2) is 30.7 Å². The number of H-pyrrole nitrogens is 1. The van der Waals surface area contributed by atoms with E-state index in [1.165, 1.54) is 6.33 Å². The van der Waals surface area contributed by atoms with E-state index in [0.717, 1.165) is 30.4 Å². The largest absolute Gasteiger partial charge is 0.391 e. The van der Waals surface area contributed by atoms with Crippen molar-refractivity contribution in [3.8, 4) is 0 Å². The summed E-state index contributed by atoms with van der Waals surface area (Å²) < 4.78 is 0. The number of nitrogens with zero attached hydrogens (tertiary/aromatic N) is 3. The molecule has 0 spiro atoms. The Morgan fingerprint density at radius 1 is 1.44 bits per heavy atom. The fourth-order valence-corrected chi connectivity index (χ4v) is 2.08. The number of β-amino-alcohol motifs (C(OH)–C–C–N with tert-alkyl or cyclic N) is 1. The molecule has 2 aromatic heterocycles. The summed E-state index contributed by atoms with van der Waals surface area (Å²) in [6.07, 6.45) is 3.93. The molecule has 1 saturated heterocycles. The van der Waals surface area contributed by atoms with Crippen LogP contribution in [0.4, 0.5) is 17.5 Å². The lowest BCUT2D eigenvalue weighted by Gasteiger charge is -2.16. The van der Waals surface area contributed by atoms with Gasteiger partial charge in [-0.1, -0.05) is 0 Å². The second-order valence-electron chi connectivity index (χ2n) is 4.36. The van der Waals surface area contributed by atoms with Gasteiger partial charge in [0.1, 0.15) is 23.8 Å². The Morgan fingerprint density at radius 3 is 3.11 bits per heavy atom. The van der Waals surface area contributed by atoms with Gasteiger partial charge < -0.3 is 20.3 Å².